The van der Waals surface area contributed by atoms with Gasteiger partial charge in [-0.1, -0.05) is 0 Å². The molecular weight excluding hydrogens is 336 g/mol. The van der Waals surface area contributed by atoms with Gasteiger partial charge in [-0.15, -0.1) is 11.3 Å². The molecule has 1 N–H and O–H groups in total. The van der Waals surface area contributed by atoms with E-state index in [1.807, 2.05) is 18.3 Å². The molecule has 0 spiro atoms. The lowest BCUT2D eigenvalue weighted by atomic mass is 9.96. The van der Waals surface area contributed by atoms with Gasteiger partial charge in [-0.05, 0) is 49.1 Å². The zero-order chi connectivity index (χ0) is 17.6. The van der Waals surface area contributed by atoms with Crippen molar-refractivity contribution in [3.63, 3.8) is 0 Å². The van der Waals surface area contributed by atoms with E-state index in [4.69, 9.17) is 0 Å². The monoisotopic (exact) mass is 358 g/mol. The first-order valence-electron chi connectivity index (χ1n) is 8.71. The summed E-state index contributed by atoms with van der Waals surface area (Å²) in [5.74, 6) is 0.677. The van der Waals surface area contributed by atoms with Crippen molar-refractivity contribution in [3.05, 3.63) is 48.8 Å². The van der Waals surface area contributed by atoms with Crippen LogP contribution in [-0.4, -0.2) is 20.5 Å². The molecule has 0 radical (unpaired) electrons. The molecule has 4 rings (SSSR count). The SMILES string of the molecule is Cc1nc2c(c(=O)n1C)CN(C(=O)NCc1csc3c1CCCC3)C2. The van der Waals surface area contributed by atoms with E-state index in [0.29, 0.717) is 31.0 Å². The molecule has 0 fully saturated rings. The zero-order valence-corrected chi connectivity index (χ0v) is 15.4. The average Bonchev–Trinajstić information content (AvgIpc) is 3.22. The fourth-order valence-corrected chi connectivity index (χ4v) is 4.81. The van der Waals surface area contributed by atoms with E-state index in [-0.39, 0.29) is 11.6 Å². The third-order valence-electron chi connectivity index (χ3n) is 5.25. The number of nitrogens with zero attached hydrogens (tertiary/aromatic N) is 3. The Morgan fingerprint density at radius 3 is 2.92 bits per heavy atom. The molecule has 6 nitrogen and oxygen atoms in total. The van der Waals surface area contributed by atoms with Gasteiger partial charge in [0.05, 0.1) is 24.3 Å². The highest BCUT2D eigenvalue weighted by molar-refractivity contribution is 7.10. The summed E-state index contributed by atoms with van der Waals surface area (Å²) in [6.45, 7) is 3.11. The third-order valence-corrected chi connectivity index (χ3v) is 6.39. The molecule has 0 saturated carbocycles. The van der Waals surface area contributed by atoms with Crippen molar-refractivity contribution in [1.29, 1.82) is 0 Å². The molecule has 0 saturated heterocycles. The molecule has 0 unspecified atom stereocenters. The van der Waals surface area contributed by atoms with E-state index in [1.165, 1.54) is 39.8 Å². The Hall–Kier alpha value is -2.15. The van der Waals surface area contributed by atoms with Crippen LogP contribution in [0.25, 0.3) is 0 Å². The molecule has 0 atom stereocenters. The summed E-state index contributed by atoms with van der Waals surface area (Å²) in [5, 5.41) is 5.19. The average molecular weight is 358 g/mol. The van der Waals surface area contributed by atoms with Gasteiger partial charge in [0.15, 0.2) is 0 Å². The minimum atomic E-state index is -0.131. The topological polar surface area (TPSA) is 67.2 Å². The van der Waals surface area contributed by atoms with Crippen molar-refractivity contribution in [3.8, 4) is 0 Å². The fraction of sp³-hybridized carbons (Fsp3) is 0.500. The maximum Gasteiger partial charge on any atom is 0.318 e. The normalized spacial score (nSPS) is 15.8. The second-order valence-electron chi connectivity index (χ2n) is 6.83. The van der Waals surface area contributed by atoms with E-state index in [9.17, 15) is 9.59 Å². The Labute approximate surface area is 150 Å². The fourth-order valence-electron chi connectivity index (χ4n) is 3.66. The number of carbonyl (C=O) groups is 1. The van der Waals surface area contributed by atoms with Crippen molar-refractivity contribution in [2.45, 2.75) is 52.2 Å². The maximum atomic E-state index is 12.5. The lowest BCUT2D eigenvalue weighted by Gasteiger charge is -2.17. The van der Waals surface area contributed by atoms with Gasteiger partial charge < -0.3 is 10.2 Å². The van der Waals surface area contributed by atoms with E-state index in [0.717, 1.165) is 12.1 Å². The summed E-state index contributed by atoms with van der Waals surface area (Å²) >= 11 is 1.81. The largest absolute Gasteiger partial charge is 0.334 e. The number of nitrogens with one attached hydrogen (secondary N) is 1. The van der Waals surface area contributed by atoms with Crippen LogP contribution in [0.4, 0.5) is 4.79 Å². The van der Waals surface area contributed by atoms with Gasteiger partial charge in [0.2, 0.25) is 0 Å². The summed E-state index contributed by atoms with van der Waals surface area (Å²) in [6, 6.07) is -0.131. The number of hydrogen-bond acceptors (Lipinski definition) is 4. The number of carbonyl (C=O) groups excluding carboxylic acids is 1. The zero-order valence-electron chi connectivity index (χ0n) is 14.6. The molecule has 25 heavy (non-hydrogen) atoms. The highest BCUT2D eigenvalue weighted by Gasteiger charge is 2.28. The second kappa shape index (κ2) is 6.29. The number of hydrogen-bond donors (Lipinski definition) is 1. The lowest BCUT2D eigenvalue weighted by Crippen LogP contribution is -2.36. The van der Waals surface area contributed by atoms with Crippen molar-refractivity contribution < 1.29 is 4.79 Å². The Morgan fingerprint density at radius 1 is 1.28 bits per heavy atom. The van der Waals surface area contributed by atoms with Gasteiger partial charge in [-0.3, -0.25) is 9.36 Å². The van der Waals surface area contributed by atoms with E-state index >= 15 is 0 Å². The summed E-state index contributed by atoms with van der Waals surface area (Å²) in [4.78, 5) is 32.5. The minimum Gasteiger partial charge on any atom is -0.334 e. The number of fused-ring (bicyclic) bond motifs is 2. The molecule has 1 aliphatic carbocycles. The van der Waals surface area contributed by atoms with Crippen LogP contribution in [0.3, 0.4) is 0 Å². The Balaban J connectivity index is 1.44. The molecule has 2 amide bonds. The van der Waals surface area contributed by atoms with Gasteiger partial charge in [0.25, 0.3) is 5.56 Å². The van der Waals surface area contributed by atoms with Gasteiger partial charge >= 0.3 is 6.03 Å². The lowest BCUT2D eigenvalue weighted by molar-refractivity contribution is 0.197. The number of thiophene rings is 1. The first-order valence-corrected chi connectivity index (χ1v) is 9.59. The first kappa shape index (κ1) is 16.3. The van der Waals surface area contributed by atoms with Crippen LogP contribution >= 0.6 is 11.3 Å². The highest BCUT2D eigenvalue weighted by Crippen LogP contribution is 2.30. The van der Waals surface area contributed by atoms with Crippen molar-refractivity contribution in [1.82, 2.24) is 19.8 Å². The van der Waals surface area contributed by atoms with E-state index < -0.39 is 0 Å². The van der Waals surface area contributed by atoms with Gasteiger partial charge in [-0.25, -0.2) is 9.78 Å². The highest BCUT2D eigenvalue weighted by atomic mass is 32.1. The number of aromatic nitrogens is 2. The number of amides is 2. The van der Waals surface area contributed by atoms with Crippen LogP contribution in [0.2, 0.25) is 0 Å². The first-order chi connectivity index (χ1) is 12.0. The minimum absolute atomic E-state index is 0.0512. The van der Waals surface area contributed by atoms with Crippen molar-refractivity contribution in [2.24, 2.45) is 7.05 Å². The molecular formula is C18H22N4O2S. The summed E-state index contributed by atoms with van der Waals surface area (Å²) in [7, 11) is 1.72. The van der Waals surface area contributed by atoms with Crippen LogP contribution < -0.4 is 10.9 Å². The van der Waals surface area contributed by atoms with Crippen LogP contribution in [0.15, 0.2) is 10.2 Å². The van der Waals surface area contributed by atoms with E-state index in [2.05, 4.69) is 15.7 Å². The quantitative estimate of drug-likeness (QED) is 0.895. The molecule has 1 aliphatic heterocycles. The predicted octanol–water partition coefficient (Wildman–Crippen LogP) is 2.25. The molecule has 132 valence electrons. The van der Waals surface area contributed by atoms with E-state index in [1.54, 1.807) is 11.9 Å². The summed E-state index contributed by atoms with van der Waals surface area (Å²) < 4.78 is 1.54. The van der Waals surface area contributed by atoms with Crippen molar-refractivity contribution >= 4 is 17.4 Å². The van der Waals surface area contributed by atoms with Gasteiger partial charge in [0, 0.05) is 18.5 Å². The summed E-state index contributed by atoms with van der Waals surface area (Å²) in [6.07, 6.45) is 4.80. The predicted molar refractivity (Wildman–Crippen MR) is 96.7 cm³/mol. The number of rotatable bonds is 2. The molecule has 2 aromatic heterocycles. The maximum absolute atomic E-state index is 12.5. The Morgan fingerprint density at radius 2 is 2.08 bits per heavy atom. The molecule has 2 aliphatic rings. The standard InChI is InChI=1S/C18H22N4O2S/c1-11-20-15-9-22(8-14(15)17(23)21(11)2)18(24)19-7-12-10-25-16-6-4-3-5-13(12)16/h10H,3-9H2,1-2H3,(H,19,24). The van der Waals surface area contributed by atoms with Gasteiger partial charge in [0.1, 0.15) is 5.82 Å². The van der Waals surface area contributed by atoms with Crippen LogP contribution in [0.5, 0.6) is 0 Å². The molecule has 0 aromatic carbocycles. The van der Waals surface area contributed by atoms with Crippen LogP contribution in [0, 0.1) is 6.92 Å². The number of urea groups is 1. The smallest absolute Gasteiger partial charge is 0.318 e. The molecule has 2 aromatic rings. The Kier molecular flexibility index (Phi) is 4.11. The van der Waals surface area contributed by atoms with Crippen LogP contribution in [0.1, 0.15) is 45.9 Å². The Bertz CT molecular complexity index is 899. The van der Waals surface area contributed by atoms with Crippen molar-refractivity contribution in [2.75, 3.05) is 0 Å². The second-order valence-corrected chi connectivity index (χ2v) is 7.80. The number of aryl methyl sites for hydroxylation is 2. The van der Waals surface area contributed by atoms with Gasteiger partial charge in [-0.2, -0.15) is 0 Å². The van der Waals surface area contributed by atoms with Crippen LogP contribution in [-0.2, 0) is 39.5 Å². The molecule has 0 bridgehead atoms. The summed E-state index contributed by atoms with van der Waals surface area (Å²) in [5.41, 5.74) is 3.99. The molecule has 3 heterocycles. The third kappa shape index (κ3) is 2.86. The molecule has 7 heteroatoms.